The monoisotopic (exact) mass is 261 g/mol. The molecule has 14 heavy (non-hydrogen) atoms. The van der Waals surface area contributed by atoms with Gasteiger partial charge in [-0.1, -0.05) is 36.7 Å². The molecular weight excluding hydrogens is 238 g/mol. The molecule has 0 aromatic heterocycles. The quantitative estimate of drug-likeness (QED) is 0.703. The Morgan fingerprint density at radius 2 is 1.79 bits per heavy atom. The molecule has 0 amide bonds. The smallest absolute Gasteiger partial charge is 0.00606 e. The first-order chi connectivity index (χ1) is 6.51. The van der Waals surface area contributed by atoms with E-state index in [4.69, 9.17) is 0 Å². The molecular formula is C12H24BrN. The third-order valence-corrected chi connectivity index (χ3v) is 4.02. The van der Waals surface area contributed by atoms with Crippen LogP contribution in [0.5, 0.6) is 0 Å². The Balaban J connectivity index is 2.16. The summed E-state index contributed by atoms with van der Waals surface area (Å²) in [5, 5.41) is 1.19. The molecule has 0 bridgehead atoms. The van der Waals surface area contributed by atoms with E-state index in [0.717, 1.165) is 5.92 Å². The van der Waals surface area contributed by atoms with Gasteiger partial charge in [-0.2, -0.15) is 0 Å². The summed E-state index contributed by atoms with van der Waals surface area (Å²) in [5.41, 5.74) is 0.492. The molecule has 0 N–H and O–H groups in total. The fourth-order valence-electron chi connectivity index (χ4n) is 1.86. The van der Waals surface area contributed by atoms with Crippen molar-refractivity contribution in [2.45, 2.75) is 40.0 Å². The molecule has 0 aromatic rings. The Morgan fingerprint density at radius 1 is 1.21 bits per heavy atom. The van der Waals surface area contributed by atoms with Gasteiger partial charge in [0.25, 0.3) is 0 Å². The van der Waals surface area contributed by atoms with Gasteiger partial charge in [0.05, 0.1) is 0 Å². The van der Waals surface area contributed by atoms with Crippen molar-refractivity contribution < 1.29 is 0 Å². The van der Waals surface area contributed by atoms with Crippen molar-refractivity contribution in [3.05, 3.63) is 0 Å². The molecule has 0 unspecified atom stereocenters. The predicted molar refractivity (Wildman–Crippen MR) is 67.0 cm³/mol. The van der Waals surface area contributed by atoms with Crippen molar-refractivity contribution >= 4 is 15.9 Å². The van der Waals surface area contributed by atoms with Gasteiger partial charge in [-0.25, -0.2) is 0 Å². The SMILES string of the molecule is CC(C)(C)CCN1CCC(CBr)CC1. The molecule has 0 radical (unpaired) electrons. The molecule has 0 aliphatic carbocycles. The fourth-order valence-corrected chi connectivity index (χ4v) is 2.51. The van der Waals surface area contributed by atoms with Crippen LogP contribution in [0.1, 0.15) is 40.0 Å². The summed E-state index contributed by atoms with van der Waals surface area (Å²) in [7, 11) is 0. The van der Waals surface area contributed by atoms with Crippen LogP contribution in [0.3, 0.4) is 0 Å². The summed E-state index contributed by atoms with van der Waals surface area (Å²) in [6.45, 7) is 10.9. The van der Waals surface area contributed by atoms with Crippen molar-refractivity contribution in [2.75, 3.05) is 25.0 Å². The summed E-state index contributed by atoms with van der Waals surface area (Å²) >= 11 is 3.58. The average Bonchev–Trinajstić information content (AvgIpc) is 2.14. The van der Waals surface area contributed by atoms with Crippen LogP contribution in [0, 0.1) is 11.3 Å². The summed E-state index contributed by atoms with van der Waals surface area (Å²) in [6, 6.07) is 0. The topological polar surface area (TPSA) is 3.24 Å². The predicted octanol–water partition coefficient (Wildman–Crippen LogP) is 3.53. The second-order valence-corrected chi connectivity index (χ2v) is 6.40. The van der Waals surface area contributed by atoms with E-state index >= 15 is 0 Å². The largest absolute Gasteiger partial charge is 0.303 e. The van der Waals surface area contributed by atoms with Crippen LogP contribution in [-0.2, 0) is 0 Å². The molecule has 1 heterocycles. The van der Waals surface area contributed by atoms with Crippen molar-refractivity contribution in [3.8, 4) is 0 Å². The van der Waals surface area contributed by atoms with E-state index in [1.54, 1.807) is 0 Å². The Labute approximate surface area is 97.4 Å². The summed E-state index contributed by atoms with van der Waals surface area (Å²) in [4.78, 5) is 2.63. The van der Waals surface area contributed by atoms with Crippen LogP contribution in [0.2, 0.25) is 0 Å². The summed E-state index contributed by atoms with van der Waals surface area (Å²) in [5.74, 6) is 0.931. The zero-order chi connectivity index (χ0) is 10.6. The number of alkyl halides is 1. The van der Waals surface area contributed by atoms with Gasteiger partial charge in [0.2, 0.25) is 0 Å². The highest BCUT2D eigenvalue weighted by Crippen LogP contribution is 2.22. The Morgan fingerprint density at radius 3 is 2.21 bits per heavy atom. The van der Waals surface area contributed by atoms with E-state index in [2.05, 4.69) is 41.6 Å². The van der Waals surface area contributed by atoms with Crippen molar-refractivity contribution in [1.82, 2.24) is 4.90 Å². The number of halogens is 1. The highest BCUT2D eigenvalue weighted by atomic mass is 79.9. The summed E-state index contributed by atoms with van der Waals surface area (Å²) in [6.07, 6.45) is 4.09. The van der Waals surface area contributed by atoms with Gasteiger partial charge in [0.15, 0.2) is 0 Å². The van der Waals surface area contributed by atoms with Crippen LogP contribution in [-0.4, -0.2) is 29.9 Å². The van der Waals surface area contributed by atoms with E-state index in [0.29, 0.717) is 5.41 Å². The number of likely N-dealkylation sites (tertiary alicyclic amines) is 1. The van der Waals surface area contributed by atoms with E-state index < -0.39 is 0 Å². The standard InChI is InChI=1S/C12H24BrN/c1-12(2,3)6-9-14-7-4-11(10-13)5-8-14/h11H,4-10H2,1-3H3. The zero-order valence-electron chi connectivity index (χ0n) is 9.85. The van der Waals surface area contributed by atoms with Crippen molar-refractivity contribution in [1.29, 1.82) is 0 Å². The third kappa shape index (κ3) is 4.79. The molecule has 1 fully saturated rings. The number of nitrogens with zero attached hydrogens (tertiary/aromatic N) is 1. The molecule has 0 spiro atoms. The van der Waals surface area contributed by atoms with E-state index in [1.807, 2.05) is 0 Å². The molecule has 1 aliphatic heterocycles. The van der Waals surface area contributed by atoms with Gasteiger partial charge in [0.1, 0.15) is 0 Å². The Hall–Kier alpha value is 0.440. The van der Waals surface area contributed by atoms with Gasteiger partial charge in [-0.3, -0.25) is 0 Å². The first-order valence-corrected chi connectivity index (χ1v) is 6.92. The Kier molecular flexibility index (Phi) is 4.92. The van der Waals surface area contributed by atoms with Crippen LogP contribution in [0.15, 0.2) is 0 Å². The van der Waals surface area contributed by atoms with E-state index in [1.165, 1.54) is 44.2 Å². The van der Waals surface area contributed by atoms with E-state index in [-0.39, 0.29) is 0 Å². The second-order valence-electron chi connectivity index (χ2n) is 5.75. The highest BCUT2D eigenvalue weighted by molar-refractivity contribution is 9.09. The molecule has 1 nitrogen and oxygen atoms in total. The van der Waals surface area contributed by atoms with Gasteiger partial charge in [0, 0.05) is 5.33 Å². The van der Waals surface area contributed by atoms with Crippen molar-refractivity contribution in [2.24, 2.45) is 11.3 Å². The lowest BCUT2D eigenvalue weighted by molar-refractivity contribution is 0.171. The van der Waals surface area contributed by atoms with Crippen molar-refractivity contribution in [3.63, 3.8) is 0 Å². The zero-order valence-corrected chi connectivity index (χ0v) is 11.4. The van der Waals surface area contributed by atoms with Crippen LogP contribution >= 0.6 is 15.9 Å². The number of piperidine rings is 1. The second kappa shape index (κ2) is 5.50. The molecule has 2 heteroatoms. The first kappa shape index (κ1) is 12.5. The maximum absolute atomic E-state index is 3.58. The number of rotatable bonds is 3. The maximum atomic E-state index is 3.58. The molecule has 0 atom stereocenters. The van der Waals surface area contributed by atoms with Crippen LogP contribution in [0.25, 0.3) is 0 Å². The van der Waals surface area contributed by atoms with E-state index in [9.17, 15) is 0 Å². The third-order valence-electron chi connectivity index (χ3n) is 3.10. The van der Waals surface area contributed by atoms with Gasteiger partial charge in [-0.05, 0) is 50.2 Å². The summed E-state index contributed by atoms with van der Waals surface area (Å²) < 4.78 is 0. The number of hydrogen-bond acceptors (Lipinski definition) is 1. The molecule has 1 aliphatic rings. The highest BCUT2D eigenvalue weighted by Gasteiger charge is 2.19. The van der Waals surface area contributed by atoms with Crippen LogP contribution in [0.4, 0.5) is 0 Å². The minimum Gasteiger partial charge on any atom is -0.303 e. The minimum atomic E-state index is 0.492. The normalized spacial score (nSPS) is 21.4. The van der Waals surface area contributed by atoms with Gasteiger partial charge < -0.3 is 4.90 Å². The molecule has 84 valence electrons. The Bertz CT molecular complexity index is 154. The minimum absolute atomic E-state index is 0.492. The van der Waals surface area contributed by atoms with Gasteiger partial charge in [-0.15, -0.1) is 0 Å². The molecule has 1 saturated heterocycles. The fraction of sp³-hybridized carbons (Fsp3) is 1.00. The molecule has 0 saturated carbocycles. The first-order valence-electron chi connectivity index (χ1n) is 5.79. The molecule has 0 aromatic carbocycles. The maximum Gasteiger partial charge on any atom is 0.00606 e. The lowest BCUT2D eigenvalue weighted by atomic mass is 9.91. The average molecular weight is 262 g/mol. The van der Waals surface area contributed by atoms with Crippen LogP contribution < -0.4 is 0 Å². The number of hydrogen-bond donors (Lipinski definition) is 0. The lowest BCUT2D eigenvalue weighted by Crippen LogP contribution is -2.36. The van der Waals surface area contributed by atoms with Gasteiger partial charge >= 0.3 is 0 Å². The lowest BCUT2D eigenvalue weighted by Gasteiger charge is -2.33. The molecule has 1 rings (SSSR count).